The summed E-state index contributed by atoms with van der Waals surface area (Å²) in [4.78, 5) is 8.66. The van der Waals surface area contributed by atoms with E-state index in [9.17, 15) is 4.39 Å². The molecular weight excluding hydrogens is 472 g/mol. The number of hydrogen-bond donors (Lipinski definition) is 2. The summed E-state index contributed by atoms with van der Waals surface area (Å²) >= 11 is 0. The quantitative estimate of drug-likeness (QED) is 0.311. The van der Waals surface area contributed by atoms with E-state index in [1.807, 2.05) is 19.3 Å². The van der Waals surface area contributed by atoms with Gasteiger partial charge < -0.3 is 19.9 Å². The molecule has 0 spiro atoms. The minimum absolute atomic E-state index is 0. The molecule has 1 aromatic carbocycles. The molecule has 0 saturated carbocycles. The first kappa shape index (κ1) is 24.2. The average Bonchev–Trinajstić information content (AvgIpc) is 3.07. The zero-order valence-electron chi connectivity index (χ0n) is 17.0. The van der Waals surface area contributed by atoms with Crippen LogP contribution in [0, 0.1) is 11.7 Å². The molecule has 0 amide bonds. The molecule has 0 bridgehead atoms. The maximum absolute atomic E-state index is 13.3. The molecule has 1 atom stereocenters. The molecule has 0 saturated heterocycles. The van der Waals surface area contributed by atoms with Crippen molar-refractivity contribution in [1.29, 1.82) is 0 Å². The van der Waals surface area contributed by atoms with Crippen LogP contribution in [0.2, 0.25) is 0 Å². The lowest BCUT2D eigenvalue weighted by Crippen LogP contribution is -2.42. The van der Waals surface area contributed by atoms with E-state index in [0.717, 1.165) is 18.8 Å². The van der Waals surface area contributed by atoms with Crippen molar-refractivity contribution >= 4 is 29.9 Å². The van der Waals surface area contributed by atoms with Gasteiger partial charge in [-0.25, -0.2) is 9.37 Å². The Bertz CT molecular complexity index is 735. The SMILES string of the molecule is CCC(CNC(=NC)NCc1nccn1CC(C)C)Oc1cccc(F)c1.I. The molecule has 0 fully saturated rings. The predicted molar refractivity (Wildman–Crippen MR) is 122 cm³/mol. The Labute approximate surface area is 184 Å². The summed E-state index contributed by atoms with van der Waals surface area (Å²) in [5, 5.41) is 6.54. The molecule has 28 heavy (non-hydrogen) atoms. The number of nitrogens with zero attached hydrogens (tertiary/aromatic N) is 3. The fourth-order valence-electron chi connectivity index (χ4n) is 2.66. The van der Waals surface area contributed by atoms with Crippen LogP contribution in [0.4, 0.5) is 4.39 Å². The van der Waals surface area contributed by atoms with Gasteiger partial charge in [-0.2, -0.15) is 0 Å². The normalized spacial score (nSPS) is 12.4. The van der Waals surface area contributed by atoms with Gasteiger partial charge in [-0.15, -0.1) is 24.0 Å². The lowest BCUT2D eigenvalue weighted by molar-refractivity contribution is 0.198. The first-order valence-corrected chi connectivity index (χ1v) is 9.38. The van der Waals surface area contributed by atoms with Crippen molar-refractivity contribution in [3.63, 3.8) is 0 Å². The number of halogens is 2. The molecule has 0 radical (unpaired) electrons. The highest BCUT2D eigenvalue weighted by Crippen LogP contribution is 2.14. The number of nitrogens with one attached hydrogen (secondary N) is 2. The van der Waals surface area contributed by atoms with Crippen molar-refractivity contribution in [2.24, 2.45) is 10.9 Å². The Morgan fingerprint density at radius 1 is 1.32 bits per heavy atom. The van der Waals surface area contributed by atoms with Crippen molar-refractivity contribution in [2.75, 3.05) is 13.6 Å². The summed E-state index contributed by atoms with van der Waals surface area (Å²) in [7, 11) is 1.73. The van der Waals surface area contributed by atoms with Crippen molar-refractivity contribution in [1.82, 2.24) is 20.2 Å². The molecule has 0 aliphatic heterocycles. The molecule has 0 aliphatic rings. The molecule has 1 heterocycles. The minimum Gasteiger partial charge on any atom is -0.489 e. The second-order valence-corrected chi connectivity index (χ2v) is 6.80. The van der Waals surface area contributed by atoms with Gasteiger partial charge in [-0.3, -0.25) is 4.99 Å². The molecular formula is C20H31FIN5O. The topological polar surface area (TPSA) is 63.5 Å². The zero-order chi connectivity index (χ0) is 19.6. The van der Waals surface area contributed by atoms with E-state index in [1.165, 1.54) is 12.1 Å². The third kappa shape index (κ3) is 8.04. The van der Waals surface area contributed by atoms with Gasteiger partial charge in [0.25, 0.3) is 0 Å². The van der Waals surface area contributed by atoms with Crippen LogP contribution in [0.5, 0.6) is 5.75 Å². The molecule has 6 nitrogen and oxygen atoms in total. The summed E-state index contributed by atoms with van der Waals surface area (Å²) in [5.41, 5.74) is 0. The van der Waals surface area contributed by atoms with Crippen LogP contribution in [0.1, 0.15) is 33.0 Å². The van der Waals surface area contributed by atoms with E-state index < -0.39 is 0 Å². The molecule has 156 valence electrons. The van der Waals surface area contributed by atoms with Gasteiger partial charge in [-0.1, -0.05) is 26.8 Å². The highest BCUT2D eigenvalue weighted by Gasteiger charge is 2.11. The van der Waals surface area contributed by atoms with Crippen LogP contribution in [0.25, 0.3) is 0 Å². The molecule has 1 unspecified atom stereocenters. The molecule has 8 heteroatoms. The van der Waals surface area contributed by atoms with Gasteiger partial charge in [0.2, 0.25) is 0 Å². The van der Waals surface area contributed by atoms with Crippen molar-refractivity contribution < 1.29 is 9.13 Å². The number of ether oxygens (including phenoxy) is 1. The maximum Gasteiger partial charge on any atom is 0.191 e. The second kappa shape index (κ2) is 12.6. The van der Waals surface area contributed by atoms with Gasteiger partial charge in [0.05, 0.1) is 13.1 Å². The average molecular weight is 503 g/mol. The Morgan fingerprint density at radius 3 is 2.75 bits per heavy atom. The van der Waals surface area contributed by atoms with Gasteiger partial charge >= 0.3 is 0 Å². The van der Waals surface area contributed by atoms with E-state index >= 15 is 0 Å². The summed E-state index contributed by atoms with van der Waals surface area (Å²) in [5.74, 6) is 2.43. The van der Waals surface area contributed by atoms with E-state index in [-0.39, 0.29) is 35.9 Å². The fourth-order valence-corrected chi connectivity index (χ4v) is 2.66. The third-order valence-electron chi connectivity index (χ3n) is 4.05. The Hall–Kier alpha value is -1.84. The highest BCUT2D eigenvalue weighted by atomic mass is 127. The first-order chi connectivity index (χ1) is 13.0. The van der Waals surface area contributed by atoms with Crippen LogP contribution in [0.3, 0.4) is 0 Å². The smallest absolute Gasteiger partial charge is 0.191 e. The maximum atomic E-state index is 13.3. The molecule has 1 aromatic heterocycles. The molecule has 2 aromatic rings. The third-order valence-corrected chi connectivity index (χ3v) is 4.05. The molecule has 2 rings (SSSR count). The molecule has 0 aliphatic carbocycles. The minimum atomic E-state index is -0.301. The fraction of sp³-hybridized carbons (Fsp3) is 0.500. The van der Waals surface area contributed by atoms with Crippen LogP contribution in [0.15, 0.2) is 41.7 Å². The van der Waals surface area contributed by atoms with Gasteiger partial charge in [-0.05, 0) is 24.5 Å². The number of imidazole rings is 1. The number of hydrogen-bond acceptors (Lipinski definition) is 3. The van der Waals surface area contributed by atoms with Crippen molar-refractivity contribution in [3.8, 4) is 5.75 Å². The monoisotopic (exact) mass is 503 g/mol. The summed E-state index contributed by atoms with van der Waals surface area (Å²) in [6, 6.07) is 6.20. The van der Waals surface area contributed by atoms with E-state index in [0.29, 0.717) is 30.7 Å². The second-order valence-electron chi connectivity index (χ2n) is 6.80. The van der Waals surface area contributed by atoms with Crippen molar-refractivity contribution in [3.05, 3.63) is 48.3 Å². The Balaban J connectivity index is 0.00000392. The van der Waals surface area contributed by atoms with Crippen LogP contribution >= 0.6 is 24.0 Å². The number of aliphatic imine (C=N–C) groups is 1. The van der Waals surface area contributed by atoms with Gasteiger partial charge in [0, 0.05) is 32.1 Å². The van der Waals surface area contributed by atoms with Crippen LogP contribution < -0.4 is 15.4 Å². The number of guanidine groups is 1. The number of rotatable bonds is 9. The van der Waals surface area contributed by atoms with Gasteiger partial charge in [0.15, 0.2) is 5.96 Å². The Morgan fingerprint density at radius 2 is 2.11 bits per heavy atom. The first-order valence-electron chi connectivity index (χ1n) is 9.38. The molecule has 2 N–H and O–H groups in total. The lowest BCUT2D eigenvalue weighted by atomic mass is 10.2. The van der Waals surface area contributed by atoms with Gasteiger partial charge in [0.1, 0.15) is 23.5 Å². The van der Waals surface area contributed by atoms with E-state index in [1.54, 1.807) is 19.2 Å². The Kier molecular flexibility index (Phi) is 10.9. The van der Waals surface area contributed by atoms with E-state index in [2.05, 4.69) is 39.0 Å². The summed E-state index contributed by atoms with van der Waals surface area (Å²) < 4.78 is 21.3. The van der Waals surface area contributed by atoms with E-state index in [4.69, 9.17) is 4.74 Å². The summed E-state index contributed by atoms with van der Waals surface area (Å²) in [6.45, 7) is 8.48. The highest BCUT2D eigenvalue weighted by molar-refractivity contribution is 14.0. The summed E-state index contributed by atoms with van der Waals surface area (Å²) in [6.07, 6.45) is 4.51. The number of aromatic nitrogens is 2. The van der Waals surface area contributed by atoms with Crippen LogP contribution in [-0.4, -0.2) is 35.2 Å². The predicted octanol–water partition coefficient (Wildman–Crippen LogP) is 3.82. The van der Waals surface area contributed by atoms with Crippen LogP contribution in [-0.2, 0) is 13.1 Å². The zero-order valence-corrected chi connectivity index (χ0v) is 19.3. The lowest BCUT2D eigenvalue weighted by Gasteiger charge is -2.20. The largest absolute Gasteiger partial charge is 0.489 e. The number of benzene rings is 1. The van der Waals surface area contributed by atoms with Crippen molar-refractivity contribution in [2.45, 2.75) is 46.4 Å². The standard InChI is InChI=1S/C20H30FN5O.HI/c1-5-17(27-18-8-6-7-16(21)11-18)12-24-20(22-4)25-13-19-23-9-10-26(19)14-15(2)3;/h6-11,15,17H,5,12-14H2,1-4H3,(H2,22,24,25);1H.